The summed E-state index contributed by atoms with van der Waals surface area (Å²) in [5, 5.41) is 10.1. The van der Waals surface area contributed by atoms with E-state index >= 15 is 0 Å². The van der Waals surface area contributed by atoms with Crippen LogP contribution in [0.3, 0.4) is 0 Å². The maximum atomic E-state index is 10.1. The van der Waals surface area contributed by atoms with Gasteiger partial charge in [0.15, 0.2) is 11.5 Å². The number of nitrogens with zero attached hydrogens (tertiary/aromatic N) is 1. The summed E-state index contributed by atoms with van der Waals surface area (Å²) in [6, 6.07) is 6.31. The predicted octanol–water partition coefficient (Wildman–Crippen LogP) is 3.17. The Kier molecular flexibility index (Phi) is 4.48. The summed E-state index contributed by atoms with van der Waals surface area (Å²) in [5.74, 6) is 0.853. The monoisotopic (exact) mass is 249 g/mol. The lowest BCUT2D eigenvalue weighted by Gasteiger charge is -2.27. The molecular weight excluding hydrogens is 226 g/mol. The van der Waals surface area contributed by atoms with Crippen molar-refractivity contribution in [3.63, 3.8) is 0 Å². The van der Waals surface area contributed by atoms with Crippen molar-refractivity contribution in [2.24, 2.45) is 0 Å². The fourth-order valence-electron chi connectivity index (χ4n) is 2.65. The van der Waals surface area contributed by atoms with E-state index in [-0.39, 0.29) is 5.75 Å². The third-order valence-electron chi connectivity index (χ3n) is 3.87. The zero-order valence-corrected chi connectivity index (χ0v) is 11.4. The number of para-hydroxylation sites is 1. The highest BCUT2D eigenvalue weighted by molar-refractivity contribution is 5.45. The molecule has 1 fully saturated rings. The smallest absolute Gasteiger partial charge is 0.162 e. The molecule has 0 radical (unpaired) electrons. The predicted molar refractivity (Wildman–Crippen MR) is 73.0 cm³/mol. The van der Waals surface area contributed by atoms with Gasteiger partial charge in [-0.1, -0.05) is 25.0 Å². The van der Waals surface area contributed by atoms with Gasteiger partial charge in [0, 0.05) is 18.2 Å². The molecule has 0 bridgehead atoms. The first-order valence-corrected chi connectivity index (χ1v) is 6.81. The van der Waals surface area contributed by atoms with Crippen LogP contribution >= 0.6 is 0 Å². The number of aromatic hydroxyl groups is 1. The van der Waals surface area contributed by atoms with Gasteiger partial charge < -0.3 is 9.84 Å². The number of methoxy groups -OCH3 is 1. The van der Waals surface area contributed by atoms with Gasteiger partial charge in [0.2, 0.25) is 0 Å². The Morgan fingerprint density at radius 2 is 2.17 bits per heavy atom. The second-order valence-electron chi connectivity index (χ2n) is 5.14. The van der Waals surface area contributed by atoms with Crippen LogP contribution in [0.1, 0.15) is 38.2 Å². The third-order valence-corrected chi connectivity index (χ3v) is 3.87. The molecule has 3 heteroatoms. The van der Waals surface area contributed by atoms with Gasteiger partial charge in [0.05, 0.1) is 7.11 Å². The summed E-state index contributed by atoms with van der Waals surface area (Å²) in [4.78, 5) is 2.46. The van der Waals surface area contributed by atoms with Crippen molar-refractivity contribution < 1.29 is 9.84 Å². The summed E-state index contributed by atoms with van der Waals surface area (Å²) < 4.78 is 5.16. The Labute approximate surface area is 109 Å². The molecule has 1 unspecified atom stereocenters. The Hall–Kier alpha value is -1.22. The van der Waals surface area contributed by atoms with E-state index in [2.05, 4.69) is 11.8 Å². The molecule has 2 rings (SSSR count). The molecule has 1 aromatic carbocycles. The quantitative estimate of drug-likeness (QED) is 0.893. The minimum Gasteiger partial charge on any atom is -0.504 e. The fraction of sp³-hybridized carbons (Fsp3) is 0.600. The molecule has 1 atom stereocenters. The second-order valence-corrected chi connectivity index (χ2v) is 5.14. The molecule has 1 N–H and O–H groups in total. The molecule has 0 amide bonds. The van der Waals surface area contributed by atoms with E-state index in [9.17, 15) is 5.11 Å². The Morgan fingerprint density at radius 1 is 1.33 bits per heavy atom. The topological polar surface area (TPSA) is 32.7 Å². The number of hydrogen-bond acceptors (Lipinski definition) is 3. The maximum Gasteiger partial charge on any atom is 0.162 e. The van der Waals surface area contributed by atoms with Crippen LogP contribution in [0.25, 0.3) is 0 Å². The van der Waals surface area contributed by atoms with Crippen LogP contribution in [0.5, 0.6) is 11.5 Å². The standard InChI is InChI=1S/C15H23NO2/c1-12-7-4-3-5-10-16(12)11-13-8-6-9-14(18-2)15(13)17/h6,8-9,12,17H,3-5,7,10-11H2,1-2H3. The van der Waals surface area contributed by atoms with Gasteiger partial charge in [-0.05, 0) is 32.4 Å². The van der Waals surface area contributed by atoms with Gasteiger partial charge in [-0.15, -0.1) is 0 Å². The first kappa shape index (κ1) is 13.2. The van der Waals surface area contributed by atoms with Crippen LogP contribution in [0, 0.1) is 0 Å². The number of phenolic OH excluding ortho intramolecular Hbond substituents is 1. The zero-order valence-electron chi connectivity index (χ0n) is 11.4. The minimum atomic E-state index is 0.288. The lowest BCUT2D eigenvalue weighted by molar-refractivity contribution is 0.202. The second kappa shape index (κ2) is 6.10. The number of benzene rings is 1. The summed E-state index contributed by atoms with van der Waals surface area (Å²) in [6.07, 6.45) is 5.16. The first-order chi connectivity index (χ1) is 8.72. The molecule has 1 aliphatic rings. The summed E-state index contributed by atoms with van der Waals surface area (Å²) in [5.41, 5.74) is 0.961. The lowest BCUT2D eigenvalue weighted by atomic mass is 10.1. The van der Waals surface area contributed by atoms with Crippen LogP contribution in [0.4, 0.5) is 0 Å². The number of likely N-dealkylation sites (tertiary alicyclic amines) is 1. The SMILES string of the molecule is COc1cccc(CN2CCCCCC2C)c1O. The van der Waals surface area contributed by atoms with Gasteiger partial charge in [-0.2, -0.15) is 0 Å². The molecule has 1 saturated heterocycles. The van der Waals surface area contributed by atoms with Gasteiger partial charge in [0.1, 0.15) is 0 Å². The maximum absolute atomic E-state index is 10.1. The number of rotatable bonds is 3. The van der Waals surface area contributed by atoms with E-state index in [1.165, 1.54) is 25.7 Å². The van der Waals surface area contributed by atoms with Crippen molar-refractivity contribution in [2.75, 3.05) is 13.7 Å². The van der Waals surface area contributed by atoms with E-state index in [1.807, 2.05) is 12.1 Å². The highest BCUT2D eigenvalue weighted by Gasteiger charge is 2.18. The van der Waals surface area contributed by atoms with Gasteiger partial charge in [-0.3, -0.25) is 4.90 Å². The van der Waals surface area contributed by atoms with Crippen LogP contribution in [0.2, 0.25) is 0 Å². The first-order valence-electron chi connectivity index (χ1n) is 6.81. The molecule has 1 aromatic rings. The molecule has 0 spiro atoms. The van der Waals surface area contributed by atoms with Crippen molar-refractivity contribution in [3.05, 3.63) is 23.8 Å². The summed E-state index contributed by atoms with van der Waals surface area (Å²) in [6.45, 7) is 4.21. The highest BCUT2D eigenvalue weighted by atomic mass is 16.5. The average Bonchev–Trinajstić information content (AvgIpc) is 2.57. The molecule has 3 nitrogen and oxygen atoms in total. The molecule has 1 aliphatic heterocycles. The largest absolute Gasteiger partial charge is 0.504 e. The van der Waals surface area contributed by atoms with Crippen LogP contribution in [-0.4, -0.2) is 29.7 Å². The van der Waals surface area contributed by atoms with Gasteiger partial charge in [-0.25, -0.2) is 0 Å². The van der Waals surface area contributed by atoms with Gasteiger partial charge in [0.25, 0.3) is 0 Å². The molecule has 0 saturated carbocycles. The van der Waals surface area contributed by atoms with Crippen molar-refractivity contribution >= 4 is 0 Å². The molecule has 1 heterocycles. The number of phenols is 1. The highest BCUT2D eigenvalue weighted by Crippen LogP contribution is 2.31. The number of hydrogen-bond donors (Lipinski definition) is 1. The van der Waals surface area contributed by atoms with E-state index in [1.54, 1.807) is 13.2 Å². The van der Waals surface area contributed by atoms with Crippen molar-refractivity contribution in [1.29, 1.82) is 0 Å². The summed E-state index contributed by atoms with van der Waals surface area (Å²) in [7, 11) is 1.59. The van der Waals surface area contributed by atoms with E-state index in [0.717, 1.165) is 18.7 Å². The van der Waals surface area contributed by atoms with Gasteiger partial charge >= 0.3 is 0 Å². The van der Waals surface area contributed by atoms with Crippen molar-refractivity contribution in [3.8, 4) is 11.5 Å². The van der Waals surface area contributed by atoms with Crippen LogP contribution in [-0.2, 0) is 6.54 Å². The fourth-order valence-corrected chi connectivity index (χ4v) is 2.65. The summed E-state index contributed by atoms with van der Waals surface area (Å²) >= 11 is 0. The van der Waals surface area contributed by atoms with E-state index in [4.69, 9.17) is 4.74 Å². The van der Waals surface area contributed by atoms with Crippen LogP contribution < -0.4 is 4.74 Å². The Balaban J connectivity index is 2.12. The minimum absolute atomic E-state index is 0.288. The number of ether oxygens (including phenoxy) is 1. The van der Waals surface area contributed by atoms with E-state index in [0.29, 0.717) is 11.8 Å². The molecule has 0 aromatic heterocycles. The third kappa shape index (κ3) is 2.96. The lowest BCUT2D eigenvalue weighted by Crippen LogP contribution is -2.31. The van der Waals surface area contributed by atoms with Crippen LogP contribution in [0.15, 0.2) is 18.2 Å². The Bertz CT molecular complexity index is 392. The normalized spacial score (nSPS) is 21.6. The molecule has 0 aliphatic carbocycles. The average molecular weight is 249 g/mol. The van der Waals surface area contributed by atoms with Crippen molar-refractivity contribution in [1.82, 2.24) is 4.90 Å². The Morgan fingerprint density at radius 3 is 2.94 bits per heavy atom. The van der Waals surface area contributed by atoms with Crippen molar-refractivity contribution in [2.45, 2.75) is 45.2 Å². The van der Waals surface area contributed by atoms with E-state index < -0.39 is 0 Å². The molecular formula is C15H23NO2. The zero-order chi connectivity index (χ0) is 13.0. The molecule has 18 heavy (non-hydrogen) atoms. The molecule has 100 valence electrons.